The normalized spacial score (nSPS) is 16.0. The van der Waals surface area contributed by atoms with Crippen LogP contribution in [0.25, 0.3) is 0 Å². The van der Waals surface area contributed by atoms with Crippen molar-refractivity contribution in [2.75, 3.05) is 24.4 Å². The highest BCUT2D eigenvalue weighted by molar-refractivity contribution is 6.42. The topological polar surface area (TPSA) is 76.7 Å². The van der Waals surface area contributed by atoms with E-state index in [-0.39, 0.29) is 11.8 Å². The van der Waals surface area contributed by atoms with Crippen molar-refractivity contribution in [2.24, 2.45) is 0 Å². The van der Waals surface area contributed by atoms with Crippen molar-refractivity contribution in [1.82, 2.24) is 0 Å². The highest BCUT2D eigenvalue weighted by Crippen LogP contribution is 2.28. The molecule has 1 fully saturated rings. The number of halogens is 2. The lowest BCUT2D eigenvalue weighted by atomic mass is 10.1. The number of ether oxygens (including phenoxy) is 2. The Labute approximate surface area is 166 Å². The lowest BCUT2D eigenvalue weighted by Crippen LogP contribution is -2.27. The van der Waals surface area contributed by atoms with Crippen LogP contribution < -0.4 is 15.4 Å². The van der Waals surface area contributed by atoms with Crippen LogP contribution in [-0.2, 0) is 9.53 Å². The smallest absolute Gasteiger partial charge is 0.255 e. The van der Waals surface area contributed by atoms with Crippen molar-refractivity contribution in [3.05, 3.63) is 52.0 Å². The molecule has 3 rings (SSSR count). The SMILES string of the molecule is COc1ccc(C(=O)Nc2ccc(Cl)c(Cl)c2)cc1NC(=O)C1CCCO1. The van der Waals surface area contributed by atoms with E-state index in [2.05, 4.69) is 10.6 Å². The quantitative estimate of drug-likeness (QED) is 0.769. The van der Waals surface area contributed by atoms with Crippen molar-refractivity contribution in [2.45, 2.75) is 18.9 Å². The first-order valence-corrected chi connectivity index (χ1v) is 9.10. The van der Waals surface area contributed by atoms with E-state index < -0.39 is 6.10 Å². The third-order valence-corrected chi connectivity index (χ3v) is 4.86. The molecule has 0 radical (unpaired) electrons. The van der Waals surface area contributed by atoms with Crippen LogP contribution in [0.2, 0.25) is 10.0 Å². The summed E-state index contributed by atoms with van der Waals surface area (Å²) in [5.74, 6) is -0.163. The lowest BCUT2D eigenvalue weighted by molar-refractivity contribution is -0.124. The molecule has 0 aromatic heterocycles. The van der Waals surface area contributed by atoms with Gasteiger partial charge in [0.25, 0.3) is 11.8 Å². The fourth-order valence-electron chi connectivity index (χ4n) is 2.72. The average Bonchev–Trinajstić information content (AvgIpc) is 3.19. The highest BCUT2D eigenvalue weighted by atomic mass is 35.5. The molecular weight excluding hydrogens is 391 g/mol. The summed E-state index contributed by atoms with van der Waals surface area (Å²) in [6, 6.07) is 9.59. The predicted octanol–water partition coefficient (Wildman–Crippen LogP) is 4.37. The van der Waals surface area contributed by atoms with Gasteiger partial charge >= 0.3 is 0 Å². The molecule has 0 saturated carbocycles. The minimum Gasteiger partial charge on any atom is -0.495 e. The summed E-state index contributed by atoms with van der Waals surface area (Å²) < 4.78 is 10.7. The van der Waals surface area contributed by atoms with Crippen LogP contribution in [0.1, 0.15) is 23.2 Å². The van der Waals surface area contributed by atoms with Crippen LogP contribution in [0.4, 0.5) is 11.4 Å². The molecule has 2 amide bonds. The minimum absolute atomic E-state index is 0.257. The molecule has 142 valence electrons. The van der Waals surface area contributed by atoms with Crippen LogP contribution in [0.5, 0.6) is 5.75 Å². The zero-order valence-electron chi connectivity index (χ0n) is 14.6. The van der Waals surface area contributed by atoms with E-state index in [0.717, 1.165) is 6.42 Å². The molecule has 27 heavy (non-hydrogen) atoms. The second-order valence-electron chi connectivity index (χ2n) is 5.99. The van der Waals surface area contributed by atoms with Gasteiger partial charge in [-0.2, -0.15) is 0 Å². The number of benzene rings is 2. The minimum atomic E-state index is -0.483. The van der Waals surface area contributed by atoms with Gasteiger partial charge in [0, 0.05) is 17.9 Å². The second kappa shape index (κ2) is 8.61. The molecule has 1 aliphatic rings. The van der Waals surface area contributed by atoms with Crippen LogP contribution >= 0.6 is 23.2 Å². The number of nitrogens with one attached hydrogen (secondary N) is 2. The van der Waals surface area contributed by atoms with Crippen LogP contribution in [-0.4, -0.2) is 31.6 Å². The summed E-state index contributed by atoms with van der Waals surface area (Å²) in [7, 11) is 1.49. The van der Waals surface area contributed by atoms with E-state index in [1.165, 1.54) is 7.11 Å². The summed E-state index contributed by atoms with van der Waals surface area (Å²) in [5.41, 5.74) is 1.26. The molecule has 6 nitrogen and oxygen atoms in total. The molecule has 1 atom stereocenters. The number of carbonyl (C=O) groups excluding carboxylic acids is 2. The molecule has 1 saturated heterocycles. The summed E-state index contributed by atoms with van der Waals surface area (Å²) in [4.78, 5) is 24.8. The standard InChI is InChI=1S/C19H18Cl2N2O4/c1-26-16-7-4-11(9-15(16)23-19(25)17-3-2-8-27-17)18(24)22-12-5-6-13(20)14(21)10-12/h4-7,9-10,17H,2-3,8H2,1H3,(H,22,24)(H,23,25). The van der Waals surface area contributed by atoms with Gasteiger partial charge in [0.15, 0.2) is 0 Å². The van der Waals surface area contributed by atoms with E-state index in [1.54, 1.807) is 36.4 Å². The fourth-order valence-corrected chi connectivity index (χ4v) is 3.02. The monoisotopic (exact) mass is 408 g/mol. The molecule has 1 heterocycles. The third-order valence-electron chi connectivity index (χ3n) is 4.12. The van der Waals surface area contributed by atoms with Crippen LogP contribution in [0.15, 0.2) is 36.4 Å². The number of amides is 2. The molecule has 0 aliphatic carbocycles. The lowest BCUT2D eigenvalue weighted by Gasteiger charge is -2.14. The molecule has 1 unspecified atom stereocenters. The van der Waals surface area contributed by atoms with Crippen LogP contribution in [0, 0.1) is 0 Å². The maximum absolute atomic E-state index is 12.5. The van der Waals surface area contributed by atoms with Crippen LogP contribution in [0.3, 0.4) is 0 Å². The Bertz CT molecular complexity index is 867. The molecule has 0 spiro atoms. The molecule has 0 bridgehead atoms. The van der Waals surface area contributed by atoms with Crippen molar-refractivity contribution in [3.63, 3.8) is 0 Å². The molecular formula is C19H18Cl2N2O4. The van der Waals surface area contributed by atoms with Gasteiger partial charge in [-0.1, -0.05) is 23.2 Å². The summed E-state index contributed by atoms with van der Waals surface area (Å²) in [6.07, 6.45) is 1.04. The van der Waals surface area contributed by atoms with Crippen molar-refractivity contribution in [3.8, 4) is 5.75 Å². The maximum Gasteiger partial charge on any atom is 0.255 e. The molecule has 1 aliphatic heterocycles. The number of methoxy groups -OCH3 is 1. The first kappa shape index (κ1) is 19.5. The zero-order chi connectivity index (χ0) is 19.4. The Kier molecular flexibility index (Phi) is 6.21. The van der Waals surface area contributed by atoms with Gasteiger partial charge in [0.05, 0.1) is 22.8 Å². The van der Waals surface area contributed by atoms with E-state index >= 15 is 0 Å². The van der Waals surface area contributed by atoms with Gasteiger partial charge in [-0.05, 0) is 49.2 Å². The van der Waals surface area contributed by atoms with Gasteiger partial charge in [-0.25, -0.2) is 0 Å². The van der Waals surface area contributed by atoms with Gasteiger partial charge in [0.2, 0.25) is 0 Å². The number of hydrogen-bond acceptors (Lipinski definition) is 4. The van der Waals surface area contributed by atoms with E-state index in [4.69, 9.17) is 32.7 Å². The summed E-state index contributed by atoms with van der Waals surface area (Å²) >= 11 is 11.9. The van der Waals surface area contributed by atoms with Gasteiger partial charge in [-0.3, -0.25) is 9.59 Å². The third kappa shape index (κ3) is 4.71. The first-order valence-electron chi connectivity index (χ1n) is 8.35. The fraction of sp³-hybridized carbons (Fsp3) is 0.263. The van der Waals surface area contributed by atoms with E-state index in [0.29, 0.717) is 45.8 Å². The first-order chi connectivity index (χ1) is 13.0. The summed E-state index contributed by atoms with van der Waals surface area (Å²) in [5, 5.41) is 6.25. The molecule has 8 heteroatoms. The number of hydrogen-bond donors (Lipinski definition) is 2. The Balaban J connectivity index is 1.77. The Morgan fingerprint density at radius 1 is 1.11 bits per heavy atom. The average molecular weight is 409 g/mol. The Hall–Kier alpha value is -2.28. The predicted molar refractivity (Wildman–Crippen MR) is 105 cm³/mol. The van der Waals surface area contributed by atoms with Crippen molar-refractivity contribution < 1.29 is 19.1 Å². The molecule has 2 aromatic rings. The number of carbonyl (C=O) groups is 2. The Morgan fingerprint density at radius 3 is 2.59 bits per heavy atom. The number of anilines is 2. The maximum atomic E-state index is 12.5. The largest absolute Gasteiger partial charge is 0.495 e. The molecule has 2 N–H and O–H groups in total. The highest BCUT2D eigenvalue weighted by Gasteiger charge is 2.24. The Morgan fingerprint density at radius 2 is 1.93 bits per heavy atom. The molecule has 2 aromatic carbocycles. The van der Waals surface area contributed by atoms with Gasteiger partial charge in [-0.15, -0.1) is 0 Å². The zero-order valence-corrected chi connectivity index (χ0v) is 16.1. The summed E-state index contributed by atoms with van der Waals surface area (Å²) in [6.45, 7) is 0.571. The number of rotatable bonds is 5. The van der Waals surface area contributed by atoms with Gasteiger partial charge < -0.3 is 20.1 Å². The second-order valence-corrected chi connectivity index (χ2v) is 6.80. The van der Waals surface area contributed by atoms with E-state index in [1.807, 2.05) is 0 Å². The van der Waals surface area contributed by atoms with Crippen molar-refractivity contribution >= 4 is 46.4 Å². The van der Waals surface area contributed by atoms with E-state index in [9.17, 15) is 9.59 Å². The van der Waals surface area contributed by atoms with Gasteiger partial charge in [0.1, 0.15) is 11.9 Å². The van der Waals surface area contributed by atoms with Crippen molar-refractivity contribution in [1.29, 1.82) is 0 Å².